The molecule has 0 aromatic heterocycles. The molecule has 0 saturated carbocycles. The zero-order chi connectivity index (χ0) is 12.8. The normalized spacial score (nSPS) is 12.1. The van der Waals surface area contributed by atoms with Crippen molar-refractivity contribution in [2.45, 2.75) is 18.6 Å². The maximum atomic E-state index is 5.48. The van der Waals surface area contributed by atoms with Crippen LogP contribution in [0.25, 0.3) is 0 Å². The van der Waals surface area contributed by atoms with Crippen molar-refractivity contribution in [1.82, 2.24) is 0 Å². The summed E-state index contributed by atoms with van der Waals surface area (Å²) in [6.45, 7) is 2.23. The number of rotatable bonds is 4. The number of thioether (sulfide) groups is 1. The molecular formula is C16H16S2. The van der Waals surface area contributed by atoms with Gasteiger partial charge in [-0.3, -0.25) is 0 Å². The van der Waals surface area contributed by atoms with Crippen LogP contribution >= 0.6 is 24.0 Å². The van der Waals surface area contributed by atoms with E-state index in [0.29, 0.717) is 5.25 Å². The van der Waals surface area contributed by atoms with Crippen molar-refractivity contribution in [3.63, 3.8) is 0 Å². The molecule has 0 aliphatic carbocycles. The Kier molecular flexibility index (Phi) is 4.97. The molecule has 0 aliphatic rings. The fourth-order valence-corrected chi connectivity index (χ4v) is 3.35. The topological polar surface area (TPSA) is 0 Å². The lowest BCUT2D eigenvalue weighted by molar-refractivity contribution is 0.948. The molecule has 0 nitrogen and oxygen atoms in total. The van der Waals surface area contributed by atoms with Gasteiger partial charge in [-0.2, -0.15) is 0 Å². The average Bonchev–Trinajstić information content (AvgIpc) is 2.40. The predicted octanol–water partition coefficient (Wildman–Crippen LogP) is 4.73. The first-order valence-electron chi connectivity index (χ1n) is 6.05. The molecule has 18 heavy (non-hydrogen) atoms. The van der Waals surface area contributed by atoms with Gasteiger partial charge in [0.1, 0.15) is 0 Å². The van der Waals surface area contributed by atoms with Gasteiger partial charge in [0.15, 0.2) is 0 Å². The zero-order valence-corrected chi connectivity index (χ0v) is 12.0. The van der Waals surface area contributed by atoms with Crippen molar-refractivity contribution in [2.24, 2.45) is 0 Å². The molecule has 0 aliphatic heterocycles. The number of thiocarbonyl (C=S) groups is 1. The minimum atomic E-state index is 0.500. The van der Waals surface area contributed by atoms with E-state index in [9.17, 15) is 0 Å². The second-order valence-corrected chi connectivity index (χ2v) is 6.39. The molecule has 0 N–H and O–H groups in total. The maximum absolute atomic E-state index is 5.48. The monoisotopic (exact) mass is 272 g/mol. The molecule has 0 fully saturated rings. The summed E-state index contributed by atoms with van der Waals surface area (Å²) in [5, 5.41) is 0.500. The molecule has 0 bridgehead atoms. The Hall–Kier alpha value is -1.12. The molecular weight excluding hydrogens is 256 g/mol. The van der Waals surface area contributed by atoms with Crippen molar-refractivity contribution in [2.75, 3.05) is 0 Å². The smallest absolute Gasteiger partial charge is 0.0780 e. The largest absolute Gasteiger partial charge is 0.111 e. The highest BCUT2D eigenvalue weighted by Gasteiger charge is 2.09. The van der Waals surface area contributed by atoms with Gasteiger partial charge in [-0.15, -0.1) is 11.8 Å². The van der Waals surface area contributed by atoms with E-state index in [0.717, 1.165) is 16.2 Å². The van der Waals surface area contributed by atoms with Gasteiger partial charge in [0.05, 0.1) is 4.20 Å². The summed E-state index contributed by atoms with van der Waals surface area (Å²) in [5.41, 5.74) is 2.52. The zero-order valence-electron chi connectivity index (χ0n) is 10.4. The van der Waals surface area contributed by atoms with Gasteiger partial charge in [-0.25, -0.2) is 0 Å². The highest BCUT2D eigenvalue weighted by atomic mass is 32.2. The fourth-order valence-electron chi connectivity index (χ4n) is 1.81. The van der Waals surface area contributed by atoms with E-state index in [-0.39, 0.29) is 0 Å². The molecule has 0 heterocycles. The summed E-state index contributed by atoms with van der Waals surface area (Å²) < 4.78 is 0.985. The Morgan fingerprint density at radius 3 is 2.17 bits per heavy atom. The van der Waals surface area contributed by atoms with Crippen LogP contribution in [0.3, 0.4) is 0 Å². The first-order valence-corrected chi connectivity index (χ1v) is 7.34. The van der Waals surface area contributed by atoms with Gasteiger partial charge in [0, 0.05) is 5.25 Å². The van der Waals surface area contributed by atoms with Gasteiger partial charge in [0.2, 0.25) is 0 Å². The molecule has 0 spiro atoms. The van der Waals surface area contributed by atoms with Crippen molar-refractivity contribution >= 4 is 28.2 Å². The Balaban J connectivity index is 1.92. The minimum Gasteiger partial charge on any atom is -0.111 e. The van der Waals surface area contributed by atoms with Crippen LogP contribution in [0.4, 0.5) is 0 Å². The molecule has 2 heteroatoms. The SMILES string of the molecule is CC(Cc1ccccc1)SC(=S)c1ccccc1. The standard InChI is InChI=1S/C16H16S2/c1-13(12-14-8-4-2-5-9-14)18-16(17)15-10-6-3-7-11-15/h2-11,13H,12H2,1H3. The molecule has 92 valence electrons. The summed E-state index contributed by atoms with van der Waals surface area (Å²) in [5.74, 6) is 0. The summed E-state index contributed by atoms with van der Waals surface area (Å²) in [6.07, 6.45) is 1.05. The van der Waals surface area contributed by atoms with Crippen LogP contribution < -0.4 is 0 Å². The first-order chi connectivity index (χ1) is 8.75. The molecule has 1 atom stereocenters. The van der Waals surface area contributed by atoms with Crippen molar-refractivity contribution in [1.29, 1.82) is 0 Å². The van der Waals surface area contributed by atoms with Crippen LogP contribution in [0.15, 0.2) is 60.7 Å². The van der Waals surface area contributed by atoms with Crippen LogP contribution in [0.5, 0.6) is 0 Å². The average molecular weight is 272 g/mol. The van der Waals surface area contributed by atoms with Crippen LogP contribution in [-0.4, -0.2) is 9.45 Å². The lowest BCUT2D eigenvalue weighted by atomic mass is 10.1. The van der Waals surface area contributed by atoms with E-state index >= 15 is 0 Å². The van der Waals surface area contributed by atoms with Crippen molar-refractivity contribution < 1.29 is 0 Å². The van der Waals surface area contributed by atoms with Gasteiger partial charge in [-0.1, -0.05) is 79.8 Å². The summed E-state index contributed by atoms with van der Waals surface area (Å²) in [4.78, 5) is 0. The highest BCUT2D eigenvalue weighted by molar-refractivity contribution is 8.24. The van der Waals surface area contributed by atoms with Gasteiger partial charge < -0.3 is 0 Å². The van der Waals surface area contributed by atoms with Crippen molar-refractivity contribution in [3.8, 4) is 0 Å². The lowest BCUT2D eigenvalue weighted by Crippen LogP contribution is -2.05. The Morgan fingerprint density at radius 2 is 1.56 bits per heavy atom. The molecule has 0 saturated heterocycles. The van der Waals surface area contributed by atoms with Crippen LogP contribution in [0.2, 0.25) is 0 Å². The lowest BCUT2D eigenvalue weighted by Gasteiger charge is -2.12. The van der Waals surface area contributed by atoms with Crippen LogP contribution in [0, 0.1) is 0 Å². The Morgan fingerprint density at radius 1 is 1.00 bits per heavy atom. The number of hydrogen-bond acceptors (Lipinski definition) is 2. The predicted molar refractivity (Wildman–Crippen MR) is 85.3 cm³/mol. The molecule has 1 unspecified atom stereocenters. The third-order valence-corrected chi connectivity index (χ3v) is 4.23. The van der Waals surface area contributed by atoms with Gasteiger partial charge in [-0.05, 0) is 17.5 Å². The first kappa shape index (κ1) is 13.3. The second-order valence-electron chi connectivity index (χ2n) is 4.27. The number of hydrogen-bond donors (Lipinski definition) is 0. The summed E-state index contributed by atoms with van der Waals surface area (Å²) >= 11 is 7.25. The molecule has 2 aromatic carbocycles. The quantitative estimate of drug-likeness (QED) is 0.738. The Bertz CT molecular complexity index is 491. The van der Waals surface area contributed by atoms with E-state index in [1.54, 1.807) is 11.8 Å². The fraction of sp³-hybridized carbons (Fsp3) is 0.188. The van der Waals surface area contributed by atoms with E-state index in [1.165, 1.54) is 5.56 Å². The Labute approximate surface area is 118 Å². The molecule has 0 amide bonds. The van der Waals surface area contributed by atoms with Gasteiger partial charge in [0.25, 0.3) is 0 Å². The molecule has 0 radical (unpaired) electrons. The van der Waals surface area contributed by atoms with E-state index < -0.39 is 0 Å². The third kappa shape index (κ3) is 3.97. The highest BCUT2D eigenvalue weighted by Crippen LogP contribution is 2.22. The summed E-state index contributed by atoms with van der Waals surface area (Å²) in [6, 6.07) is 20.8. The van der Waals surface area contributed by atoms with Gasteiger partial charge >= 0.3 is 0 Å². The summed E-state index contributed by atoms with van der Waals surface area (Å²) in [7, 11) is 0. The van der Waals surface area contributed by atoms with Crippen molar-refractivity contribution in [3.05, 3.63) is 71.8 Å². The van der Waals surface area contributed by atoms with E-state index in [4.69, 9.17) is 12.2 Å². The van der Waals surface area contributed by atoms with Crippen LogP contribution in [0.1, 0.15) is 18.1 Å². The second kappa shape index (κ2) is 6.72. The molecule has 2 aromatic rings. The minimum absolute atomic E-state index is 0.500. The van der Waals surface area contributed by atoms with E-state index in [1.807, 2.05) is 18.2 Å². The molecule has 2 rings (SSSR count). The van der Waals surface area contributed by atoms with Crippen LogP contribution in [-0.2, 0) is 6.42 Å². The third-order valence-electron chi connectivity index (χ3n) is 2.68. The number of benzene rings is 2. The maximum Gasteiger partial charge on any atom is 0.0780 e. The van der Waals surface area contributed by atoms with E-state index in [2.05, 4.69) is 49.4 Å².